The van der Waals surface area contributed by atoms with Crippen molar-refractivity contribution < 1.29 is 19.8 Å². The number of aryl methyl sites for hydroxylation is 2. The quantitative estimate of drug-likeness (QED) is 0.634. The first-order chi connectivity index (χ1) is 8.99. The maximum Gasteiger partial charge on any atom is 0.315 e. The number of carbonyl (C=O) groups is 2. The van der Waals surface area contributed by atoms with Crippen LogP contribution in [0.25, 0.3) is 0 Å². The molecule has 0 unspecified atom stereocenters. The summed E-state index contributed by atoms with van der Waals surface area (Å²) in [6.07, 6.45) is 0. The SMILES string of the molecule is Cc1nc(NC(=O)C(=O)N(CCO)CCO)sc1C. The van der Waals surface area contributed by atoms with Crippen LogP contribution in [0.4, 0.5) is 5.13 Å². The molecule has 1 aromatic rings. The number of thiazole rings is 1. The molecule has 0 saturated carbocycles. The van der Waals surface area contributed by atoms with Crippen molar-refractivity contribution in [3.05, 3.63) is 10.6 Å². The van der Waals surface area contributed by atoms with Gasteiger partial charge in [-0.25, -0.2) is 4.98 Å². The Morgan fingerprint density at radius 2 is 1.84 bits per heavy atom. The Kier molecular flexibility index (Phi) is 5.87. The Balaban J connectivity index is 2.67. The van der Waals surface area contributed by atoms with Crippen molar-refractivity contribution >= 4 is 28.3 Å². The zero-order chi connectivity index (χ0) is 14.4. The van der Waals surface area contributed by atoms with Crippen molar-refractivity contribution in [3.63, 3.8) is 0 Å². The van der Waals surface area contributed by atoms with Crippen LogP contribution >= 0.6 is 11.3 Å². The van der Waals surface area contributed by atoms with Crippen molar-refractivity contribution in [2.45, 2.75) is 13.8 Å². The summed E-state index contributed by atoms with van der Waals surface area (Å²) >= 11 is 1.29. The summed E-state index contributed by atoms with van der Waals surface area (Å²) in [6, 6.07) is 0. The molecule has 0 bridgehead atoms. The summed E-state index contributed by atoms with van der Waals surface area (Å²) in [6.45, 7) is 3.15. The highest BCUT2D eigenvalue weighted by atomic mass is 32.1. The fraction of sp³-hybridized carbons (Fsp3) is 0.545. The van der Waals surface area contributed by atoms with Gasteiger partial charge in [-0.2, -0.15) is 0 Å². The van der Waals surface area contributed by atoms with E-state index in [1.165, 1.54) is 11.3 Å². The topological polar surface area (TPSA) is 103 Å². The van der Waals surface area contributed by atoms with E-state index in [1.54, 1.807) is 0 Å². The predicted molar refractivity (Wildman–Crippen MR) is 71.0 cm³/mol. The third-order valence-corrected chi connectivity index (χ3v) is 3.46. The number of aromatic nitrogens is 1. The van der Waals surface area contributed by atoms with Crippen LogP contribution in [0.5, 0.6) is 0 Å². The number of nitrogens with zero attached hydrogens (tertiary/aromatic N) is 2. The molecule has 19 heavy (non-hydrogen) atoms. The smallest absolute Gasteiger partial charge is 0.315 e. The van der Waals surface area contributed by atoms with Crippen LogP contribution in [0.15, 0.2) is 0 Å². The number of rotatable bonds is 5. The van der Waals surface area contributed by atoms with Crippen molar-refractivity contribution in [2.75, 3.05) is 31.6 Å². The van der Waals surface area contributed by atoms with Gasteiger partial charge in [0.15, 0.2) is 5.13 Å². The Bertz CT molecular complexity index is 435. The van der Waals surface area contributed by atoms with Gasteiger partial charge in [-0.05, 0) is 13.8 Å². The summed E-state index contributed by atoms with van der Waals surface area (Å²) in [5, 5.41) is 20.4. The molecule has 7 nitrogen and oxygen atoms in total. The number of anilines is 1. The number of aliphatic hydroxyl groups is 2. The molecule has 0 saturated heterocycles. The minimum atomic E-state index is -0.823. The molecule has 0 aliphatic heterocycles. The third-order valence-electron chi connectivity index (χ3n) is 2.47. The number of hydrogen-bond acceptors (Lipinski definition) is 6. The van der Waals surface area contributed by atoms with Gasteiger partial charge >= 0.3 is 11.8 Å². The second-order valence-corrected chi connectivity index (χ2v) is 5.06. The summed E-state index contributed by atoms with van der Waals surface area (Å²) in [5.74, 6) is -1.62. The second kappa shape index (κ2) is 7.17. The number of aliphatic hydroxyl groups excluding tert-OH is 2. The molecular weight excluding hydrogens is 270 g/mol. The highest BCUT2D eigenvalue weighted by Gasteiger charge is 2.22. The average molecular weight is 287 g/mol. The van der Waals surface area contributed by atoms with Gasteiger partial charge < -0.3 is 15.1 Å². The van der Waals surface area contributed by atoms with Gasteiger partial charge in [-0.1, -0.05) is 0 Å². The fourth-order valence-corrected chi connectivity index (χ4v) is 2.19. The molecule has 0 aliphatic carbocycles. The van der Waals surface area contributed by atoms with E-state index in [2.05, 4.69) is 10.3 Å². The first-order valence-corrected chi connectivity index (χ1v) is 6.57. The molecule has 0 aliphatic rings. The van der Waals surface area contributed by atoms with E-state index in [4.69, 9.17) is 10.2 Å². The molecule has 1 aromatic heterocycles. The molecule has 0 spiro atoms. The molecule has 1 rings (SSSR count). The lowest BCUT2D eigenvalue weighted by Crippen LogP contribution is -2.42. The van der Waals surface area contributed by atoms with Gasteiger partial charge in [0, 0.05) is 18.0 Å². The van der Waals surface area contributed by atoms with Gasteiger partial charge in [-0.15, -0.1) is 11.3 Å². The molecule has 8 heteroatoms. The molecule has 0 radical (unpaired) electrons. The predicted octanol–water partition coefficient (Wildman–Crippen LogP) is -0.488. The summed E-state index contributed by atoms with van der Waals surface area (Å²) in [4.78, 5) is 29.7. The first-order valence-electron chi connectivity index (χ1n) is 5.75. The minimum absolute atomic E-state index is 0.00272. The Hall–Kier alpha value is -1.51. The van der Waals surface area contributed by atoms with Crippen molar-refractivity contribution in [2.24, 2.45) is 0 Å². The average Bonchev–Trinajstić information content (AvgIpc) is 2.67. The Morgan fingerprint density at radius 1 is 1.26 bits per heavy atom. The number of nitrogens with one attached hydrogen (secondary N) is 1. The largest absolute Gasteiger partial charge is 0.395 e. The van der Waals surface area contributed by atoms with Gasteiger partial charge in [0.25, 0.3) is 0 Å². The normalized spacial score (nSPS) is 10.3. The minimum Gasteiger partial charge on any atom is -0.395 e. The maximum absolute atomic E-state index is 11.8. The van der Waals surface area contributed by atoms with Crippen LogP contribution in [0.3, 0.4) is 0 Å². The van der Waals surface area contributed by atoms with Crippen LogP contribution < -0.4 is 5.32 Å². The van der Waals surface area contributed by atoms with E-state index in [1.807, 2.05) is 13.8 Å². The second-order valence-electron chi connectivity index (χ2n) is 3.85. The van der Waals surface area contributed by atoms with Gasteiger partial charge in [-0.3, -0.25) is 14.9 Å². The molecule has 106 valence electrons. The molecular formula is C11H17N3O4S. The van der Waals surface area contributed by atoms with Crippen molar-refractivity contribution in [1.82, 2.24) is 9.88 Å². The molecule has 0 fully saturated rings. The first kappa shape index (κ1) is 15.5. The van der Waals surface area contributed by atoms with E-state index in [0.29, 0.717) is 5.13 Å². The van der Waals surface area contributed by atoms with E-state index >= 15 is 0 Å². The van der Waals surface area contributed by atoms with Gasteiger partial charge in [0.05, 0.1) is 18.9 Å². The lowest BCUT2D eigenvalue weighted by molar-refractivity contribution is -0.143. The molecule has 2 amide bonds. The summed E-state index contributed by atoms with van der Waals surface area (Å²) < 4.78 is 0. The standard InChI is InChI=1S/C11H17N3O4S/c1-7-8(2)19-11(12-7)13-9(17)10(18)14(3-5-15)4-6-16/h15-16H,3-6H2,1-2H3,(H,12,13,17). The lowest BCUT2D eigenvalue weighted by Gasteiger charge is -2.19. The van der Waals surface area contributed by atoms with Crippen LogP contribution in [-0.4, -0.2) is 58.2 Å². The van der Waals surface area contributed by atoms with Crippen molar-refractivity contribution in [1.29, 1.82) is 0 Å². The molecule has 0 aromatic carbocycles. The zero-order valence-corrected chi connectivity index (χ0v) is 11.7. The highest BCUT2D eigenvalue weighted by molar-refractivity contribution is 7.15. The van der Waals surface area contributed by atoms with E-state index in [0.717, 1.165) is 15.5 Å². The van der Waals surface area contributed by atoms with E-state index < -0.39 is 11.8 Å². The molecule has 1 heterocycles. The molecule has 3 N–H and O–H groups in total. The number of carbonyl (C=O) groups excluding carboxylic acids is 2. The van der Waals surface area contributed by atoms with Crippen LogP contribution in [0.1, 0.15) is 10.6 Å². The Morgan fingerprint density at radius 3 is 2.26 bits per heavy atom. The number of amides is 2. The van der Waals surface area contributed by atoms with Crippen LogP contribution in [-0.2, 0) is 9.59 Å². The Labute approximate surface area is 114 Å². The van der Waals surface area contributed by atoms with Crippen LogP contribution in [0, 0.1) is 13.8 Å². The summed E-state index contributed by atoms with van der Waals surface area (Å²) in [5.41, 5.74) is 0.801. The monoisotopic (exact) mass is 287 g/mol. The van der Waals surface area contributed by atoms with Crippen molar-refractivity contribution in [3.8, 4) is 0 Å². The third kappa shape index (κ3) is 4.27. The fourth-order valence-electron chi connectivity index (χ4n) is 1.38. The van der Waals surface area contributed by atoms with Crippen LogP contribution in [0.2, 0.25) is 0 Å². The highest BCUT2D eigenvalue weighted by Crippen LogP contribution is 2.20. The zero-order valence-electron chi connectivity index (χ0n) is 10.8. The van der Waals surface area contributed by atoms with E-state index in [9.17, 15) is 9.59 Å². The number of hydrogen-bond donors (Lipinski definition) is 3. The van der Waals surface area contributed by atoms with Gasteiger partial charge in [0.2, 0.25) is 0 Å². The summed E-state index contributed by atoms with van der Waals surface area (Å²) in [7, 11) is 0. The van der Waals surface area contributed by atoms with E-state index in [-0.39, 0.29) is 26.3 Å². The van der Waals surface area contributed by atoms with Gasteiger partial charge in [0.1, 0.15) is 0 Å². The lowest BCUT2D eigenvalue weighted by atomic mass is 10.4. The molecule has 0 atom stereocenters. The maximum atomic E-state index is 11.8.